The first kappa shape index (κ1) is 14.0. The molecule has 0 saturated heterocycles. The van der Waals surface area contributed by atoms with Crippen molar-refractivity contribution in [1.82, 2.24) is 10.4 Å². The van der Waals surface area contributed by atoms with E-state index in [0.29, 0.717) is 21.4 Å². The first-order valence-electron chi connectivity index (χ1n) is 5.84. The number of phenolic OH excluding ortho intramolecular Hbond substituents is 1. The van der Waals surface area contributed by atoms with Crippen LogP contribution in [-0.4, -0.2) is 21.7 Å². The van der Waals surface area contributed by atoms with Crippen molar-refractivity contribution in [2.75, 3.05) is 5.73 Å². The van der Waals surface area contributed by atoms with Gasteiger partial charge in [-0.1, -0.05) is 11.3 Å². The normalized spacial score (nSPS) is 11.4. The summed E-state index contributed by atoms with van der Waals surface area (Å²) in [5, 5.41) is 13.6. The van der Waals surface area contributed by atoms with Gasteiger partial charge < -0.3 is 10.8 Å². The molecular weight excluding hydrogens is 276 g/mol. The fraction of sp³-hybridized carbons (Fsp3) is 0.154. The number of amides is 1. The van der Waals surface area contributed by atoms with Crippen molar-refractivity contribution in [3.8, 4) is 5.75 Å². The standard InChI is InChI=1S/C13H14N4O2S/c1-7(9-3-5-10(18)6-4-9)16-17-12(19)11-8(2)15-13(14)20-11/h3-6,18H,1-2H3,(H2,14,15)(H,17,19)/b16-7-. The third kappa shape index (κ3) is 3.12. The maximum Gasteiger partial charge on any atom is 0.283 e. The van der Waals surface area contributed by atoms with Crippen LogP contribution in [0.2, 0.25) is 0 Å². The van der Waals surface area contributed by atoms with E-state index in [9.17, 15) is 9.90 Å². The van der Waals surface area contributed by atoms with Crippen LogP contribution in [0.25, 0.3) is 0 Å². The van der Waals surface area contributed by atoms with Crippen molar-refractivity contribution >= 4 is 28.1 Å². The zero-order valence-electron chi connectivity index (χ0n) is 11.0. The maximum atomic E-state index is 11.9. The molecule has 0 saturated carbocycles. The van der Waals surface area contributed by atoms with Gasteiger partial charge in [-0.05, 0) is 43.7 Å². The number of nitrogen functional groups attached to an aromatic ring is 1. The topological polar surface area (TPSA) is 101 Å². The van der Waals surface area contributed by atoms with E-state index in [1.165, 1.54) is 0 Å². The number of aromatic nitrogens is 1. The van der Waals surface area contributed by atoms with Crippen molar-refractivity contribution < 1.29 is 9.90 Å². The van der Waals surface area contributed by atoms with Gasteiger partial charge in [-0.25, -0.2) is 10.4 Å². The van der Waals surface area contributed by atoms with E-state index in [4.69, 9.17) is 5.73 Å². The molecule has 0 atom stereocenters. The first-order chi connectivity index (χ1) is 9.47. The Labute approximate surface area is 120 Å². The molecule has 4 N–H and O–H groups in total. The zero-order valence-corrected chi connectivity index (χ0v) is 11.9. The SMILES string of the molecule is C/C(=N/NC(=O)c1sc(N)nc1C)c1ccc(O)cc1. The Bertz CT molecular complexity index is 662. The Balaban J connectivity index is 2.10. The number of nitrogens with two attached hydrogens (primary N) is 1. The van der Waals surface area contributed by atoms with E-state index in [-0.39, 0.29) is 11.7 Å². The van der Waals surface area contributed by atoms with Crippen LogP contribution in [0.3, 0.4) is 0 Å². The number of aromatic hydroxyl groups is 1. The van der Waals surface area contributed by atoms with Gasteiger partial charge in [-0.3, -0.25) is 4.79 Å². The largest absolute Gasteiger partial charge is 0.508 e. The summed E-state index contributed by atoms with van der Waals surface area (Å²) in [7, 11) is 0. The molecule has 0 aliphatic carbocycles. The summed E-state index contributed by atoms with van der Waals surface area (Å²) in [5.41, 5.74) is 10.0. The second-order valence-electron chi connectivity index (χ2n) is 4.15. The van der Waals surface area contributed by atoms with E-state index in [1.807, 2.05) is 0 Å². The molecule has 0 aliphatic heterocycles. The number of phenols is 1. The molecule has 104 valence electrons. The van der Waals surface area contributed by atoms with Crippen molar-refractivity contribution in [3.63, 3.8) is 0 Å². The highest BCUT2D eigenvalue weighted by molar-refractivity contribution is 7.17. The third-order valence-corrected chi connectivity index (χ3v) is 3.61. The van der Waals surface area contributed by atoms with Gasteiger partial charge in [0.1, 0.15) is 10.6 Å². The lowest BCUT2D eigenvalue weighted by atomic mass is 10.1. The second kappa shape index (κ2) is 5.70. The summed E-state index contributed by atoms with van der Waals surface area (Å²) in [6.07, 6.45) is 0. The van der Waals surface area contributed by atoms with E-state index in [1.54, 1.807) is 38.1 Å². The van der Waals surface area contributed by atoms with Crippen LogP contribution in [0.1, 0.15) is 27.9 Å². The van der Waals surface area contributed by atoms with Crippen LogP contribution >= 0.6 is 11.3 Å². The Morgan fingerprint density at radius 2 is 2.05 bits per heavy atom. The molecule has 7 heteroatoms. The highest BCUT2D eigenvalue weighted by Crippen LogP contribution is 2.19. The number of benzene rings is 1. The summed E-state index contributed by atoms with van der Waals surface area (Å²) in [6.45, 7) is 3.48. The Hall–Kier alpha value is -2.41. The van der Waals surface area contributed by atoms with Gasteiger partial charge in [-0.15, -0.1) is 0 Å². The maximum absolute atomic E-state index is 11.9. The summed E-state index contributed by atoms with van der Waals surface area (Å²) in [6, 6.07) is 6.56. The number of thiazole rings is 1. The Morgan fingerprint density at radius 1 is 1.40 bits per heavy atom. The van der Waals surface area contributed by atoms with Crippen molar-refractivity contribution in [1.29, 1.82) is 0 Å². The van der Waals surface area contributed by atoms with E-state index in [2.05, 4.69) is 15.5 Å². The minimum Gasteiger partial charge on any atom is -0.508 e. The average Bonchev–Trinajstić information content (AvgIpc) is 2.75. The monoisotopic (exact) mass is 290 g/mol. The van der Waals surface area contributed by atoms with Gasteiger partial charge in [0, 0.05) is 0 Å². The molecule has 0 aliphatic rings. The first-order valence-corrected chi connectivity index (χ1v) is 6.66. The molecule has 0 spiro atoms. The molecule has 6 nitrogen and oxygen atoms in total. The van der Waals surface area contributed by atoms with Crippen LogP contribution < -0.4 is 11.2 Å². The van der Waals surface area contributed by atoms with Crippen LogP contribution in [0.5, 0.6) is 5.75 Å². The van der Waals surface area contributed by atoms with Gasteiger partial charge in [0.2, 0.25) is 0 Å². The fourth-order valence-electron chi connectivity index (χ4n) is 1.58. The quantitative estimate of drug-likeness (QED) is 0.593. The van der Waals surface area contributed by atoms with Gasteiger partial charge in [0.15, 0.2) is 5.13 Å². The highest BCUT2D eigenvalue weighted by atomic mass is 32.1. The predicted molar refractivity (Wildman–Crippen MR) is 79.0 cm³/mol. The number of anilines is 1. The summed E-state index contributed by atoms with van der Waals surface area (Å²) in [4.78, 5) is 16.4. The minimum atomic E-state index is -0.338. The van der Waals surface area contributed by atoms with Gasteiger partial charge in [0.25, 0.3) is 5.91 Å². The predicted octanol–water partition coefficient (Wildman–Crippen LogP) is 1.89. The lowest BCUT2D eigenvalue weighted by Gasteiger charge is -2.02. The molecule has 1 aromatic heterocycles. The highest BCUT2D eigenvalue weighted by Gasteiger charge is 2.13. The van der Waals surface area contributed by atoms with Gasteiger partial charge in [0.05, 0.1) is 11.4 Å². The van der Waals surface area contributed by atoms with E-state index >= 15 is 0 Å². The molecule has 2 rings (SSSR count). The number of nitrogens with one attached hydrogen (secondary N) is 1. The second-order valence-corrected chi connectivity index (χ2v) is 5.18. The lowest BCUT2D eigenvalue weighted by Crippen LogP contribution is -2.19. The third-order valence-electron chi connectivity index (χ3n) is 2.63. The Kier molecular flexibility index (Phi) is 3.99. The van der Waals surface area contributed by atoms with Crippen molar-refractivity contribution in [2.24, 2.45) is 5.10 Å². The molecule has 1 aromatic carbocycles. The van der Waals surface area contributed by atoms with Gasteiger partial charge >= 0.3 is 0 Å². The van der Waals surface area contributed by atoms with Crippen LogP contribution in [-0.2, 0) is 0 Å². The van der Waals surface area contributed by atoms with E-state index in [0.717, 1.165) is 16.9 Å². The molecular formula is C13H14N4O2S. The average molecular weight is 290 g/mol. The smallest absolute Gasteiger partial charge is 0.283 e. The molecule has 0 bridgehead atoms. The summed E-state index contributed by atoms with van der Waals surface area (Å²) < 4.78 is 0. The van der Waals surface area contributed by atoms with Crippen molar-refractivity contribution in [2.45, 2.75) is 13.8 Å². The molecule has 0 radical (unpaired) electrons. The van der Waals surface area contributed by atoms with Crippen LogP contribution in [0, 0.1) is 6.92 Å². The molecule has 1 heterocycles. The molecule has 20 heavy (non-hydrogen) atoms. The number of aryl methyl sites for hydroxylation is 1. The fourth-order valence-corrected chi connectivity index (χ4v) is 2.30. The number of hydrogen-bond donors (Lipinski definition) is 3. The molecule has 0 unspecified atom stereocenters. The number of hydrogen-bond acceptors (Lipinski definition) is 6. The van der Waals surface area contributed by atoms with Crippen LogP contribution in [0.4, 0.5) is 5.13 Å². The van der Waals surface area contributed by atoms with Crippen LogP contribution in [0.15, 0.2) is 29.4 Å². The molecule has 2 aromatic rings. The van der Waals surface area contributed by atoms with Gasteiger partial charge in [-0.2, -0.15) is 5.10 Å². The minimum absolute atomic E-state index is 0.182. The molecule has 1 amide bonds. The number of carbonyl (C=O) groups excluding carboxylic acids is 1. The Morgan fingerprint density at radius 3 is 2.60 bits per heavy atom. The number of carbonyl (C=O) groups is 1. The summed E-state index contributed by atoms with van der Waals surface area (Å²) >= 11 is 1.12. The molecule has 0 fully saturated rings. The number of rotatable bonds is 3. The van der Waals surface area contributed by atoms with E-state index < -0.39 is 0 Å². The van der Waals surface area contributed by atoms with Crippen molar-refractivity contribution in [3.05, 3.63) is 40.4 Å². The lowest BCUT2D eigenvalue weighted by molar-refractivity contribution is 0.0958. The summed E-state index contributed by atoms with van der Waals surface area (Å²) in [5.74, 6) is -0.156. The number of nitrogens with zero attached hydrogens (tertiary/aromatic N) is 2. The number of hydrazone groups is 1. The zero-order chi connectivity index (χ0) is 14.7.